The van der Waals surface area contributed by atoms with E-state index < -0.39 is 0 Å². The first-order chi connectivity index (χ1) is 1.41. The van der Waals surface area contributed by atoms with Crippen LogP contribution in [0.4, 0.5) is 0 Å². The van der Waals surface area contributed by atoms with Crippen LogP contribution in [0, 0.1) is 0 Å². The second-order valence-corrected chi connectivity index (χ2v) is 0.316. The zero-order chi connectivity index (χ0) is 2.71. The number of hydrogen-bond donors (Lipinski definition) is 1. The first-order valence-electron chi connectivity index (χ1n) is 1.02. The molecule has 0 aliphatic heterocycles. The van der Waals surface area contributed by atoms with Crippen LogP contribution in [0.15, 0.2) is 0 Å². The van der Waals surface area contributed by atoms with Crippen LogP contribution in [0.1, 0.15) is 6.92 Å². The molecule has 0 atom stereocenters. The summed E-state index contributed by atoms with van der Waals surface area (Å²) >= 11 is 0. The van der Waals surface area contributed by atoms with E-state index in [2.05, 4.69) is 0 Å². The molecule has 0 aliphatic rings. The van der Waals surface area contributed by atoms with E-state index in [-0.39, 0.29) is 94.7 Å². The molecule has 0 amide bonds. The zero-order valence-electron chi connectivity index (χ0n) is 6.36. The molecule has 0 aromatic heterocycles. The summed E-state index contributed by atoms with van der Waals surface area (Å²) < 4.78 is 0. The molecule has 8 nitrogen and oxygen atoms in total. The summed E-state index contributed by atoms with van der Waals surface area (Å²) in [5.74, 6) is 0. The summed E-state index contributed by atoms with van der Waals surface area (Å²) in [6, 6.07) is 0. The molecule has 0 aliphatic carbocycles. The smallest absolute Gasteiger partial charge is 0.870 e. The maximum Gasteiger partial charge on any atom is 4.00 e. The van der Waals surface area contributed by atoms with Crippen molar-refractivity contribution in [3.05, 3.63) is 0 Å². The molecule has 0 bridgehead atoms. The fourth-order valence-electron chi connectivity index (χ4n) is 0. The number of aliphatic hydroxyl groups excluding tert-OH is 1. The summed E-state index contributed by atoms with van der Waals surface area (Å²) in [5.41, 5.74) is 0. The van der Waals surface area contributed by atoms with Crippen LogP contribution in [-0.4, -0.2) is 99.8 Å². The quantitative estimate of drug-likeness (QED) is 0.447. The fraction of sp³-hybridized carbons (Fsp3) is 1.00. The van der Waals surface area contributed by atoms with Crippen molar-refractivity contribution in [2.45, 2.75) is 6.92 Å². The van der Waals surface area contributed by atoms with Crippen LogP contribution in [0.5, 0.6) is 0 Å². The van der Waals surface area contributed by atoms with E-state index >= 15 is 0 Å². The molecule has 0 radical (unpaired) electrons. The van der Waals surface area contributed by atoms with E-state index in [1.54, 1.807) is 6.92 Å². The van der Waals surface area contributed by atoms with E-state index in [9.17, 15) is 0 Å². The third-order valence-electron chi connectivity index (χ3n) is 0. The maximum absolute atomic E-state index is 7.57. The largest absolute Gasteiger partial charge is 4.00 e. The second-order valence-electron chi connectivity index (χ2n) is 0.316. The molecular weight excluding hydrogens is 386 g/mol. The van der Waals surface area contributed by atoms with Crippen LogP contribution in [-0.2, 0) is 0 Å². The van der Waals surface area contributed by atoms with Gasteiger partial charge in [0.15, 0.2) is 0 Å². The Kier molecular flexibility index (Phi) is 4360. The maximum atomic E-state index is 7.57. The van der Waals surface area contributed by atoms with E-state index in [4.69, 9.17) is 5.11 Å². The molecule has 76 valence electrons. The molecule has 0 aromatic rings. The average molecular weight is 399 g/mol. The van der Waals surface area contributed by atoms with E-state index in [0.29, 0.717) is 0 Å². The molecule has 10 heteroatoms. The van der Waals surface area contributed by atoms with Crippen LogP contribution < -0.4 is 0 Å². The van der Waals surface area contributed by atoms with Crippen molar-refractivity contribution < 1.29 is 43.4 Å². The molecule has 0 spiro atoms. The minimum Gasteiger partial charge on any atom is -0.870 e. The van der Waals surface area contributed by atoms with Gasteiger partial charge in [-0.2, -0.15) is 0 Å². The average Bonchev–Trinajstić information content (AvgIpc) is 0.918. The van der Waals surface area contributed by atoms with Gasteiger partial charge in [0.2, 0.25) is 0 Å². The van der Waals surface area contributed by atoms with Crippen molar-refractivity contribution in [1.82, 2.24) is 0 Å². The predicted octanol–water partition coefficient (Wildman–Crippen LogP) is -2.00. The summed E-state index contributed by atoms with van der Waals surface area (Å²) in [6.07, 6.45) is 0. The van der Waals surface area contributed by atoms with Crippen LogP contribution in [0.25, 0.3) is 0 Å². The molecule has 0 saturated heterocycles. The van der Waals surface area contributed by atoms with Crippen molar-refractivity contribution in [3.8, 4) is 0 Å². The van der Waals surface area contributed by atoms with Crippen LogP contribution >= 0.6 is 0 Å². The Morgan fingerprint density at radius 1 is 0.750 bits per heavy atom. The second kappa shape index (κ2) is 288. The Balaban J connectivity index is -0.000000000556. The van der Waals surface area contributed by atoms with E-state index in [0.717, 1.165) is 0 Å². The van der Waals surface area contributed by atoms with Crippen LogP contribution in [0.2, 0.25) is 0 Å². The molecule has 0 aromatic carbocycles. The summed E-state index contributed by atoms with van der Waals surface area (Å²) in [5, 5.41) is 7.57. The Morgan fingerprint density at radius 3 is 0.750 bits per heavy atom. The van der Waals surface area contributed by atoms with Gasteiger partial charge in [-0.3, -0.25) is 0 Å². The van der Waals surface area contributed by atoms with Gasteiger partial charge >= 0.3 is 49.8 Å². The third kappa shape index (κ3) is 668. The van der Waals surface area contributed by atoms with Crippen LogP contribution in [0.3, 0.4) is 0 Å². The number of rotatable bonds is 0. The number of hydrogen-bond acceptors (Lipinski definition) is 8. The van der Waals surface area contributed by atoms with Gasteiger partial charge in [0.1, 0.15) is 0 Å². The molecule has 0 rings (SSSR count). The molecule has 0 saturated carbocycles. The SMILES string of the molecule is CCO.[In+3].[OH-].[OH-].[OH-].[OH-].[OH-].[OH-].[OH-].[Sn+4]. The van der Waals surface area contributed by atoms with E-state index in [1.807, 2.05) is 0 Å². The first kappa shape index (κ1) is 182. The number of aliphatic hydroxyl groups is 1. The van der Waals surface area contributed by atoms with E-state index in [1.165, 1.54) is 0 Å². The van der Waals surface area contributed by atoms with Gasteiger partial charge in [-0.05, 0) is 6.92 Å². The normalized spacial score (nSPS) is 1.50. The van der Waals surface area contributed by atoms with Crippen molar-refractivity contribution in [2.75, 3.05) is 6.61 Å². The minimum atomic E-state index is 0. The Bertz CT molecular complexity index is 17.0. The Morgan fingerprint density at radius 2 is 0.750 bits per heavy atom. The minimum absolute atomic E-state index is 0. The molecule has 8 N–H and O–H groups in total. The molecule has 0 fully saturated rings. The summed E-state index contributed by atoms with van der Waals surface area (Å²) in [7, 11) is 0. The van der Waals surface area contributed by atoms with Gasteiger partial charge in [-0.15, -0.1) is 0 Å². The van der Waals surface area contributed by atoms with Crippen molar-refractivity contribution in [1.29, 1.82) is 0 Å². The predicted molar refractivity (Wildman–Crippen MR) is 37.8 cm³/mol. The summed E-state index contributed by atoms with van der Waals surface area (Å²) in [6.45, 7) is 1.93. The summed E-state index contributed by atoms with van der Waals surface area (Å²) in [4.78, 5) is 0. The van der Waals surface area contributed by atoms with Crippen molar-refractivity contribution >= 4 is 49.8 Å². The molecular formula is C2H13InO8Sn. The standard InChI is InChI=1S/C2H6O.In.7H2O.Sn/c1-2-3;;;;;;;;;/h3H,2H2,1H3;;7*1H2;/q;+3;;;;;;;;+4/p-7. The van der Waals surface area contributed by atoms with Gasteiger partial charge in [0.25, 0.3) is 0 Å². The molecule has 0 heterocycles. The third-order valence-corrected chi connectivity index (χ3v) is 0. The van der Waals surface area contributed by atoms with Gasteiger partial charge in [0.05, 0.1) is 0 Å². The Hall–Kier alpha value is 1.35. The fourth-order valence-corrected chi connectivity index (χ4v) is 0. The van der Waals surface area contributed by atoms with Crippen molar-refractivity contribution in [3.63, 3.8) is 0 Å². The van der Waals surface area contributed by atoms with Crippen molar-refractivity contribution in [2.24, 2.45) is 0 Å². The first-order valence-corrected chi connectivity index (χ1v) is 1.02. The van der Waals surface area contributed by atoms with Gasteiger partial charge in [0, 0.05) is 6.61 Å². The molecule has 12 heavy (non-hydrogen) atoms. The van der Waals surface area contributed by atoms with Gasteiger partial charge in [-0.25, -0.2) is 0 Å². The monoisotopic (exact) mass is 400 g/mol. The van der Waals surface area contributed by atoms with Gasteiger partial charge in [-0.1, -0.05) is 0 Å². The topological polar surface area (TPSA) is 230 Å². The Labute approximate surface area is 106 Å². The zero-order valence-corrected chi connectivity index (χ0v) is 12.5. The van der Waals surface area contributed by atoms with Gasteiger partial charge < -0.3 is 43.4 Å². The molecule has 0 unspecified atom stereocenters.